The van der Waals surface area contributed by atoms with Crippen molar-refractivity contribution in [1.29, 1.82) is 0 Å². The molecule has 1 aromatic heterocycles. The Bertz CT molecular complexity index is 661. The molecule has 1 aromatic carbocycles. The van der Waals surface area contributed by atoms with Crippen LogP contribution in [-0.4, -0.2) is 33.7 Å². The fourth-order valence-corrected chi connectivity index (χ4v) is 2.30. The van der Waals surface area contributed by atoms with Gasteiger partial charge in [-0.2, -0.15) is 4.98 Å². The number of carboxylic acids is 1. The van der Waals surface area contributed by atoms with Gasteiger partial charge >= 0.3 is 5.97 Å². The van der Waals surface area contributed by atoms with Gasteiger partial charge in [-0.15, -0.1) is 0 Å². The number of hydrogen-bond donors (Lipinski definition) is 2. The summed E-state index contributed by atoms with van der Waals surface area (Å²) >= 11 is 0. The highest BCUT2D eigenvalue weighted by Gasteiger charge is 2.35. The second-order valence-electron chi connectivity index (χ2n) is 5.31. The van der Waals surface area contributed by atoms with Crippen LogP contribution in [-0.2, 0) is 4.79 Å². The molecule has 0 radical (unpaired) electrons. The predicted octanol–water partition coefficient (Wildman–Crippen LogP) is 2.36. The Balaban J connectivity index is 2.05. The molecule has 0 fully saturated rings. The van der Waals surface area contributed by atoms with E-state index in [0.29, 0.717) is 24.2 Å². The highest BCUT2D eigenvalue weighted by molar-refractivity contribution is 5.95. The van der Waals surface area contributed by atoms with Crippen LogP contribution in [0, 0.1) is 5.41 Å². The zero-order valence-electron chi connectivity index (χ0n) is 13.1. The molecular weight excluding hydrogens is 298 g/mol. The topological polar surface area (TPSA) is 105 Å². The second kappa shape index (κ2) is 7.04. The highest BCUT2D eigenvalue weighted by Crippen LogP contribution is 2.25. The van der Waals surface area contributed by atoms with Crippen LogP contribution >= 0.6 is 0 Å². The molecule has 0 aliphatic rings. The van der Waals surface area contributed by atoms with E-state index in [1.165, 1.54) is 6.39 Å². The van der Waals surface area contributed by atoms with Gasteiger partial charge in [0.1, 0.15) is 0 Å². The number of carboxylic acid groups (broad SMARTS) is 1. The van der Waals surface area contributed by atoms with Gasteiger partial charge in [-0.1, -0.05) is 31.1 Å². The Morgan fingerprint density at radius 2 is 1.87 bits per heavy atom. The molecular formula is C16H19N3O4. The molecule has 0 saturated heterocycles. The van der Waals surface area contributed by atoms with Crippen molar-refractivity contribution in [3.05, 3.63) is 36.2 Å². The number of aromatic nitrogens is 2. The van der Waals surface area contributed by atoms with Crippen LogP contribution in [0.3, 0.4) is 0 Å². The second-order valence-corrected chi connectivity index (χ2v) is 5.31. The summed E-state index contributed by atoms with van der Waals surface area (Å²) in [6.07, 6.45) is 2.14. The molecule has 0 aliphatic heterocycles. The van der Waals surface area contributed by atoms with Crippen molar-refractivity contribution in [1.82, 2.24) is 15.5 Å². The lowest BCUT2D eigenvalue weighted by molar-refractivity contribution is -0.149. The van der Waals surface area contributed by atoms with Gasteiger partial charge in [0.05, 0.1) is 5.41 Å². The minimum Gasteiger partial charge on any atom is -0.481 e. The summed E-state index contributed by atoms with van der Waals surface area (Å²) < 4.78 is 4.67. The molecule has 0 bridgehead atoms. The zero-order valence-corrected chi connectivity index (χ0v) is 13.1. The zero-order chi connectivity index (χ0) is 16.9. The molecule has 2 N–H and O–H groups in total. The summed E-state index contributed by atoms with van der Waals surface area (Å²) in [4.78, 5) is 27.6. The van der Waals surface area contributed by atoms with E-state index in [9.17, 15) is 14.7 Å². The molecule has 0 saturated carbocycles. The average Bonchev–Trinajstić information content (AvgIpc) is 3.10. The summed E-state index contributed by atoms with van der Waals surface area (Å²) in [6.45, 7) is 3.72. The van der Waals surface area contributed by atoms with Crippen molar-refractivity contribution >= 4 is 11.9 Å². The van der Waals surface area contributed by atoms with Crippen LogP contribution in [0.5, 0.6) is 0 Å². The maximum Gasteiger partial charge on any atom is 0.311 e. The number of hydrogen-bond acceptors (Lipinski definition) is 5. The van der Waals surface area contributed by atoms with Gasteiger partial charge in [0.25, 0.3) is 5.91 Å². The number of aliphatic carboxylic acids is 1. The number of amides is 1. The Kier molecular flexibility index (Phi) is 5.10. The third kappa shape index (κ3) is 3.56. The molecule has 0 atom stereocenters. The van der Waals surface area contributed by atoms with E-state index < -0.39 is 11.4 Å². The summed E-state index contributed by atoms with van der Waals surface area (Å²) in [5.41, 5.74) is 0.251. The first kappa shape index (κ1) is 16.7. The number of carbonyl (C=O) groups is 2. The van der Waals surface area contributed by atoms with Crippen molar-refractivity contribution < 1.29 is 19.2 Å². The first-order chi connectivity index (χ1) is 11.0. The number of nitrogens with zero attached hydrogens (tertiary/aromatic N) is 2. The van der Waals surface area contributed by atoms with Gasteiger partial charge in [-0.05, 0) is 25.0 Å². The van der Waals surface area contributed by atoms with E-state index in [-0.39, 0.29) is 12.5 Å². The Morgan fingerprint density at radius 1 is 1.22 bits per heavy atom. The first-order valence-corrected chi connectivity index (χ1v) is 7.41. The van der Waals surface area contributed by atoms with Crippen LogP contribution < -0.4 is 5.32 Å². The lowest BCUT2D eigenvalue weighted by Gasteiger charge is -2.26. The fourth-order valence-electron chi connectivity index (χ4n) is 2.30. The molecule has 0 unspecified atom stereocenters. The number of rotatable bonds is 7. The van der Waals surface area contributed by atoms with E-state index in [1.54, 1.807) is 24.3 Å². The van der Waals surface area contributed by atoms with Crippen LogP contribution in [0.15, 0.2) is 35.2 Å². The maximum atomic E-state index is 12.2. The number of carbonyl (C=O) groups excluding carboxylic acids is 1. The molecule has 2 aromatic rings. The molecule has 122 valence electrons. The predicted molar refractivity (Wildman–Crippen MR) is 82.7 cm³/mol. The maximum absolute atomic E-state index is 12.2. The quantitative estimate of drug-likeness (QED) is 0.812. The van der Waals surface area contributed by atoms with Gasteiger partial charge in [-0.25, -0.2) is 0 Å². The Hall–Kier alpha value is -2.70. The minimum atomic E-state index is -0.930. The van der Waals surface area contributed by atoms with Gasteiger partial charge in [0, 0.05) is 17.7 Å². The van der Waals surface area contributed by atoms with Crippen LogP contribution in [0.25, 0.3) is 11.4 Å². The first-order valence-electron chi connectivity index (χ1n) is 7.41. The Morgan fingerprint density at radius 3 is 2.35 bits per heavy atom. The van der Waals surface area contributed by atoms with Crippen LogP contribution in [0.4, 0.5) is 0 Å². The minimum absolute atomic E-state index is 0.0980. The van der Waals surface area contributed by atoms with E-state index in [2.05, 4.69) is 20.0 Å². The largest absolute Gasteiger partial charge is 0.481 e. The average molecular weight is 317 g/mol. The SMILES string of the molecule is CCC(CC)(CNC(=O)c1ccc(-c2ncon2)cc1)C(=O)O. The van der Waals surface area contributed by atoms with Crippen molar-refractivity contribution in [3.63, 3.8) is 0 Å². The fraction of sp³-hybridized carbons (Fsp3) is 0.375. The third-order valence-electron chi connectivity index (χ3n) is 4.16. The number of nitrogens with one attached hydrogen (secondary N) is 1. The molecule has 0 aliphatic carbocycles. The van der Waals surface area contributed by atoms with Crippen LogP contribution in [0.2, 0.25) is 0 Å². The van der Waals surface area contributed by atoms with Gasteiger partial charge in [0.15, 0.2) is 0 Å². The summed E-state index contributed by atoms with van der Waals surface area (Å²) in [5.74, 6) is -0.758. The van der Waals surface area contributed by atoms with Crippen molar-refractivity contribution in [2.75, 3.05) is 6.54 Å². The molecule has 2 rings (SSSR count). The molecule has 1 amide bonds. The molecule has 23 heavy (non-hydrogen) atoms. The summed E-state index contributed by atoms with van der Waals surface area (Å²) in [6, 6.07) is 6.70. The van der Waals surface area contributed by atoms with E-state index in [1.807, 2.05) is 13.8 Å². The van der Waals surface area contributed by atoms with E-state index in [0.717, 1.165) is 5.56 Å². The summed E-state index contributed by atoms with van der Waals surface area (Å²) in [5, 5.41) is 15.8. The van der Waals surface area contributed by atoms with E-state index >= 15 is 0 Å². The smallest absolute Gasteiger partial charge is 0.311 e. The van der Waals surface area contributed by atoms with Crippen molar-refractivity contribution in [2.45, 2.75) is 26.7 Å². The Labute approximate surface area is 133 Å². The van der Waals surface area contributed by atoms with E-state index in [4.69, 9.17) is 0 Å². The monoisotopic (exact) mass is 317 g/mol. The summed E-state index contributed by atoms with van der Waals surface area (Å²) in [7, 11) is 0. The normalized spacial score (nSPS) is 11.2. The van der Waals surface area contributed by atoms with Gasteiger partial charge in [0.2, 0.25) is 12.2 Å². The lowest BCUT2D eigenvalue weighted by Crippen LogP contribution is -2.42. The van der Waals surface area contributed by atoms with Gasteiger partial charge in [-0.3, -0.25) is 9.59 Å². The standard InChI is InChI=1S/C16H19N3O4/c1-3-16(4-2,15(21)22)9-17-14(20)12-7-5-11(6-8-12)13-18-10-23-19-13/h5-8,10H,3-4,9H2,1-2H3,(H,17,20)(H,21,22). The number of benzene rings is 1. The molecule has 1 heterocycles. The molecule has 7 heteroatoms. The van der Waals surface area contributed by atoms with Crippen LogP contribution in [0.1, 0.15) is 37.0 Å². The highest BCUT2D eigenvalue weighted by atomic mass is 16.5. The third-order valence-corrected chi connectivity index (χ3v) is 4.16. The lowest BCUT2D eigenvalue weighted by atomic mass is 9.82. The van der Waals surface area contributed by atoms with Gasteiger partial charge < -0.3 is 14.9 Å². The molecule has 0 spiro atoms. The molecule has 7 nitrogen and oxygen atoms in total. The van der Waals surface area contributed by atoms with Crippen molar-refractivity contribution in [3.8, 4) is 11.4 Å². The van der Waals surface area contributed by atoms with Crippen molar-refractivity contribution in [2.24, 2.45) is 5.41 Å².